The fraction of sp³-hybridized carbons (Fsp3) is 0.300. The molecule has 3 N–H and O–H groups in total. The molecule has 2 heterocycles. The monoisotopic (exact) mass is 510 g/mol. The van der Waals surface area contributed by atoms with E-state index in [2.05, 4.69) is 15.0 Å². The fourth-order valence-corrected chi connectivity index (χ4v) is 6.41. The molecule has 0 aromatic heterocycles. The van der Waals surface area contributed by atoms with Crippen molar-refractivity contribution in [2.75, 3.05) is 26.4 Å². The van der Waals surface area contributed by atoms with Gasteiger partial charge in [0.2, 0.25) is 20.0 Å². The Morgan fingerprint density at radius 1 is 0.853 bits per heavy atom. The number of nitrogens with one attached hydrogen (secondary N) is 1. The molecule has 2 aromatic carbocycles. The van der Waals surface area contributed by atoms with E-state index >= 15 is 0 Å². The summed E-state index contributed by atoms with van der Waals surface area (Å²) in [6.07, 6.45) is 0. The first-order valence-electron chi connectivity index (χ1n) is 10.1. The zero-order valence-electron chi connectivity index (χ0n) is 18.0. The fourth-order valence-electron chi connectivity index (χ4n) is 3.47. The maximum Gasteiger partial charge on any atom is 0.259 e. The van der Waals surface area contributed by atoms with Gasteiger partial charge in [-0.05, 0) is 40.5 Å². The molecular formula is C20H22N4O8S2. The van der Waals surface area contributed by atoms with Gasteiger partial charge in [0.25, 0.3) is 11.8 Å². The standard InChI is InChI=1S/C20H22N4O8S2/c1-13-5-4-8-16(19-23-32-12-10-30-19)17(13)34(27,28)24-20(33(21,25)26)15-7-3-2-6-14(15)18-22-31-11-9-29-18/h2-8,20,24H,9-12H2,1H3,(H2,21,25,26). The summed E-state index contributed by atoms with van der Waals surface area (Å²) in [5, 5.41) is 11.2. The Morgan fingerprint density at radius 3 is 2.03 bits per heavy atom. The molecule has 2 aliphatic heterocycles. The van der Waals surface area contributed by atoms with E-state index in [1.807, 2.05) is 0 Å². The highest BCUT2D eigenvalue weighted by Gasteiger charge is 2.35. The van der Waals surface area contributed by atoms with Crippen LogP contribution in [0.4, 0.5) is 0 Å². The third kappa shape index (κ3) is 4.99. The van der Waals surface area contributed by atoms with Crippen molar-refractivity contribution in [1.82, 2.24) is 4.72 Å². The van der Waals surface area contributed by atoms with Crippen LogP contribution in [0.2, 0.25) is 0 Å². The van der Waals surface area contributed by atoms with Gasteiger partial charge in [-0.25, -0.2) is 22.0 Å². The van der Waals surface area contributed by atoms with Crippen LogP contribution in [0, 0.1) is 6.92 Å². The Balaban J connectivity index is 1.81. The number of hydrogen-bond donors (Lipinski definition) is 2. The largest absolute Gasteiger partial charge is 0.471 e. The van der Waals surface area contributed by atoms with Gasteiger partial charge in [-0.3, -0.25) is 0 Å². The summed E-state index contributed by atoms with van der Waals surface area (Å²) in [5.74, 6) is -0.0293. The van der Waals surface area contributed by atoms with E-state index in [4.69, 9.17) is 24.3 Å². The number of ether oxygens (including phenoxy) is 2. The van der Waals surface area contributed by atoms with Crippen LogP contribution in [0.25, 0.3) is 0 Å². The van der Waals surface area contributed by atoms with Crippen molar-refractivity contribution in [3.05, 3.63) is 64.7 Å². The van der Waals surface area contributed by atoms with Gasteiger partial charge >= 0.3 is 0 Å². The van der Waals surface area contributed by atoms with Crippen molar-refractivity contribution in [2.24, 2.45) is 15.5 Å². The molecule has 14 heteroatoms. The average Bonchev–Trinajstić information content (AvgIpc) is 2.83. The molecular weight excluding hydrogens is 488 g/mol. The summed E-state index contributed by atoms with van der Waals surface area (Å²) in [6.45, 7) is 2.37. The third-order valence-corrected chi connectivity index (χ3v) is 7.70. The molecule has 0 spiro atoms. The number of primary sulfonamides is 1. The number of aryl methyl sites for hydroxylation is 1. The molecule has 0 amide bonds. The van der Waals surface area contributed by atoms with Gasteiger partial charge in [-0.15, -0.1) is 0 Å². The summed E-state index contributed by atoms with van der Waals surface area (Å²) in [5.41, 5.74) is 0.670. The van der Waals surface area contributed by atoms with Gasteiger partial charge in [-0.2, -0.15) is 4.72 Å². The number of sulfonamides is 2. The number of nitrogens with zero attached hydrogens (tertiary/aromatic N) is 2. The Kier molecular flexibility index (Phi) is 6.74. The Hall–Kier alpha value is -3.20. The highest BCUT2D eigenvalue weighted by atomic mass is 32.2. The summed E-state index contributed by atoms with van der Waals surface area (Å²) in [6, 6.07) is 10.8. The number of oxime groups is 2. The van der Waals surface area contributed by atoms with Crippen molar-refractivity contribution in [3.63, 3.8) is 0 Å². The molecule has 0 aliphatic carbocycles. The second-order valence-electron chi connectivity index (χ2n) is 7.29. The van der Waals surface area contributed by atoms with Crippen LogP contribution >= 0.6 is 0 Å². The summed E-state index contributed by atoms with van der Waals surface area (Å²) in [7, 11) is -8.99. The highest BCUT2D eigenvalue weighted by Crippen LogP contribution is 2.28. The molecule has 0 saturated carbocycles. The minimum atomic E-state index is -4.50. The maximum atomic E-state index is 13.6. The molecule has 0 saturated heterocycles. The summed E-state index contributed by atoms with van der Waals surface area (Å²) < 4.78 is 65.5. The van der Waals surface area contributed by atoms with Crippen LogP contribution in [-0.2, 0) is 39.2 Å². The molecule has 0 radical (unpaired) electrons. The zero-order chi connectivity index (χ0) is 24.3. The SMILES string of the molecule is Cc1cccc(C2=NOCCO2)c1S(=O)(=O)NC(c1ccccc1C1=NOCCO1)S(N)(=O)=O. The molecule has 34 heavy (non-hydrogen) atoms. The normalized spacial score (nSPS) is 17.2. The van der Waals surface area contributed by atoms with E-state index in [1.165, 1.54) is 24.3 Å². The van der Waals surface area contributed by atoms with Gasteiger partial charge in [0.1, 0.15) is 13.2 Å². The van der Waals surface area contributed by atoms with E-state index in [9.17, 15) is 16.8 Å². The number of benzene rings is 2. The van der Waals surface area contributed by atoms with Crippen LogP contribution in [0.15, 0.2) is 57.7 Å². The number of nitrogens with two attached hydrogens (primary N) is 1. The van der Waals surface area contributed by atoms with E-state index in [-0.39, 0.29) is 59.8 Å². The van der Waals surface area contributed by atoms with Gasteiger partial charge in [0.15, 0.2) is 18.6 Å². The van der Waals surface area contributed by atoms with Crippen molar-refractivity contribution in [2.45, 2.75) is 17.2 Å². The van der Waals surface area contributed by atoms with Crippen molar-refractivity contribution in [1.29, 1.82) is 0 Å². The lowest BCUT2D eigenvalue weighted by Gasteiger charge is -2.23. The topological polar surface area (TPSA) is 168 Å². The van der Waals surface area contributed by atoms with Crippen LogP contribution in [0.5, 0.6) is 0 Å². The zero-order valence-corrected chi connectivity index (χ0v) is 19.6. The molecule has 0 fully saturated rings. The second-order valence-corrected chi connectivity index (χ2v) is 10.6. The van der Waals surface area contributed by atoms with Crippen molar-refractivity contribution < 1.29 is 36.0 Å². The van der Waals surface area contributed by atoms with E-state index in [1.54, 1.807) is 25.1 Å². The molecule has 2 aliphatic rings. The average molecular weight is 511 g/mol. The van der Waals surface area contributed by atoms with Crippen LogP contribution < -0.4 is 9.86 Å². The number of hydrogen-bond acceptors (Lipinski definition) is 10. The van der Waals surface area contributed by atoms with Gasteiger partial charge in [0.05, 0.1) is 10.5 Å². The molecule has 182 valence electrons. The smallest absolute Gasteiger partial charge is 0.259 e. The van der Waals surface area contributed by atoms with E-state index in [0.29, 0.717) is 5.56 Å². The van der Waals surface area contributed by atoms with Crippen LogP contribution in [0.1, 0.15) is 27.6 Å². The Morgan fingerprint density at radius 2 is 1.44 bits per heavy atom. The summed E-state index contributed by atoms with van der Waals surface area (Å²) in [4.78, 5) is 9.83. The molecule has 0 bridgehead atoms. The second kappa shape index (κ2) is 9.58. The van der Waals surface area contributed by atoms with Crippen molar-refractivity contribution in [3.8, 4) is 0 Å². The van der Waals surface area contributed by atoms with Crippen LogP contribution in [-0.4, -0.2) is 55.1 Å². The predicted molar refractivity (Wildman–Crippen MR) is 121 cm³/mol. The molecule has 1 atom stereocenters. The summed E-state index contributed by atoms with van der Waals surface area (Å²) >= 11 is 0. The van der Waals surface area contributed by atoms with E-state index < -0.39 is 25.4 Å². The van der Waals surface area contributed by atoms with E-state index in [0.717, 1.165) is 0 Å². The van der Waals surface area contributed by atoms with Gasteiger partial charge < -0.3 is 19.1 Å². The first kappa shape index (κ1) is 23.9. The molecule has 2 aromatic rings. The molecule has 4 rings (SSSR count). The minimum absolute atomic E-state index is 0.00777. The lowest BCUT2D eigenvalue weighted by molar-refractivity contribution is 0.0653. The van der Waals surface area contributed by atoms with Gasteiger partial charge in [-0.1, -0.05) is 30.3 Å². The minimum Gasteiger partial charge on any atom is -0.471 e. The molecule has 1 unspecified atom stereocenters. The third-order valence-electron chi connectivity index (χ3n) is 4.90. The highest BCUT2D eigenvalue weighted by molar-refractivity contribution is 7.93. The quantitative estimate of drug-likeness (QED) is 0.548. The Labute approximate surface area is 196 Å². The first-order chi connectivity index (χ1) is 16.2. The van der Waals surface area contributed by atoms with Gasteiger partial charge in [0, 0.05) is 5.56 Å². The maximum absolute atomic E-state index is 13.6. The first-order valence-corrected chi connectivity index (χ1v) is 13.2. The van der Waals surface area contributed by atoms with Crippen LogP contribution in [0.3, 0.4) is 0 Å². The predicted octanol–water partition coefficient (Wildman–Crippen LogP) is 0.677. The molecule has 12 nitrogen and oxygen atoms in total. The lowest BCUT2D eigenvalue weighted by atomic mass is 10.1. The lowest BCUT2D eigenvalue weighted by Crippen LogP contribution is -2.39. The Bertz CT molecular complexity index is 1360. The van der Waals surface area contributed by atoms with Crippen molar-refractivity contribution >= 4 is 31.8 Å². The number of rotatable bonds is 7.